The van der Waals surface area contributed by atoms with Gasteiger partial charge in [-0.2, -0.15) is 0 Å². The standard InChI is InChI=1S/C23H34N2O5/c1-3-15(2)22(30-14-16-10-6-4-7-11-16)18-20(23(26)27)24-19(21(18)25(28)29)17-12-8-5-9-13-17/h4,6-7,10-11,15,17-22,24H,3,5,8-9,12-14H2,1-2H3,(H,26,27)/t15-,18+,19-,20-,21-,22-/m0/s1. The third-order valence-electron chi connectivity index (χ3n) is 7.06. The molecule has 2 N–H and O–H groups in total. The summed E-state index contributed by atoms with van der Waals surface area (Å²) in [6.45, 7) is 4.33. The summed E-state index contributed by atoms with van der Waals surface area (Å²) in [7, 11) is 0. The number of carboxylic acid groups (broad SMARTS) is 1. The highest BCUT2D eigenvalue weighted by molar-refractivity contribution is 5.75. The smallest absolute Gasteiger partial charge is 0.321 e. The van der Waals surface area contributed by atoms with E-state index in [2.05, 4.69) is 5.32 Å². The van der Waals surface area contributed by atoms with Crippen molar-refractivity contribution in [3.8, 4) is 0 Å². The lowest BCUT2D eigenvalue weighted by atomic mass is 9.76. The number of carboxylic acids is 1. The van der Waals surface area contributed by atoms with E-state index < -0.39 is 36.1 Å². The van der Waals surface area contributed by atoms with Gasteiger partial charge in [0.05, 0.1) is 24.7 Å². The second-order valence-electron chi connectivity index (χ2n) is 8.91. The van der Waals surface area contributed by atoms with Gasteiger partial charge in [0.15, 0.2) is 0 Å². The van der Waals surface area contributed by atoms with Crippen LogP contribution in [0.25, 0.3) is 0 Å². The van der Waals surface area contributed by atoms with Crippen LogP contribution in [-0.2, 0) is 16.1 Å². The van der Waals surface area contributed by atoms with E-state index in [0.717, 1.165) is 44.1 Å². The molecule has 7 heteroatoms. The Bertz CT molecular complexity index is 707. The molecule has 0 aromatic heterocycles. The zero-order chi connectivity index (χ0) is 21.7. The maximum Gasteiger partial charge on any atom is 0.321 e. The summed E-state index contributed by atoms with van der Waals surface area (Å²) in [6.07, 6.45) is 5.34. The van der Waals surface area contributed by atoms with Crippen LogP contribution in [0.4, 0.5) is 0 Å². The number of hydrogen-bond acceptors (Lipinski definition) is 5. The van der Waals surface area contributed by atoms with Gasteiger partial charge in [0.2, 0.25) is 6.04 Å². The lowest BCUT2D eigenvalue weighted by molar-refractivity contribution is -0.536. The average Bonchev–Trinajstić information content (AvgIpc) is 3.16. The topological polar surface area (TPSA) is 102 Å². The van der Waals surface area contributed by atoms with Crippen molar-refractivity contribution in [2.45, 2.75) is 83.2 Å². The number of nitro groups is 1. The van der Waals surface area contributed by atoms with Gasteiger partial charge in [-0.15, -0.1) is 0 Å². The molecule has 2 fully saturated rings. The zero-order valence-electron chi connectivity index (χ0n) is 17.9. The SMILES string of the molecule is CC[C@H](C)[C@H](OCc1ccccc1)[C@H]1[C@H]([N+](=O)[O-])[C@H](C2CCCCC2)N[C@@H]1C(=O)O. The molecule has 6 atom stereocenters. The number of nitrogens with zero attached hydrogens (tertiary/aromatic N) is 1. The highest BCUT2D eigenvalue weighted by atomic mass is 16.6. The normalized spacial score (nSPS) is 29.4. The van der Waals surface area contributed by atoms with Crippen LogP contribution >= 0.6 is 0 Å². The predicted molar refractivity (Wildman–Crippen MR) is 114 cm³/mol. The highest BCUT2D eigenvalue weighted by Crippen LogP contribution is 2.39. The Labute approximate surface area is 178 Å². The van der Waals surface area contributed by atoms with E-state index in [4.69, 9.17) is 4.74 Å². The molecule has 0 amide bonds. The summed E-state index contributed by atoms with van der Waals surface area (Å²) >= 11 is 0. The lowest BCUT2D eigenvalue weighted by Crippen LogP contribution is -2.48. The van der Waals surface area contributed by atoms with Crippen molar-refractivity contribution >= 4 is 5.97 Å². The fourth-order valence-corrected chi connectivity index (χ4v) is 5.31. The van der Waals surface area contributed by atoms with Gasteiger partial charge in [-0.1, -0.05) is 69.9 Å². The van der Waals surface area contributed by atoms with Crippen molar-refractivity contribution in [1.29, 1.82) is 0 Å². The molecule has 1 aliphatic carbocycles. The fourth-order valence-electron chi connectivity index (χ4n) is 5.31. The molecular formula is C23H34N2O5. The van der Waals surface area contributed by atoms with Crippen molar-refractivity contribution < 1.29 is 19.6 Å². The molecule has 30 heavy (non-hydrogen) atoms. The minimum Gasteiger partial charge on any atom is -0.480 e. The van der Waals surface area contributed by atoms with Crippen LogP contribution in [0.2, 0.25) is 0 Å². The van der Waals surface area contributed by atoms with Gasteiger partial charge in [0.1, 0.15) is 6.04 Å². The van der Waals surface area contributed by atoms with Crippen molar-refractivity contribution in [1.82, 2.24) is 5.32 Å². The molecule has 1 aromatic carbocycles. The van der Waals surface area contributed by atoms with Crippen LogP contribution in [0.15, 0.2) is 30.3 Å². The average molecular weight is 419 g/mol. The third-order valence-corrected chi connectivity index (χ3v) is 7.06. The van der Waals surface area contributed by atoms with Crippen LogP contribution in [0.1, 0.15) is 57.9 Å². The van der Waals surface area contributed by atoms with Crippen molar-refractivity contribution in [2.24, 2.45) is 17.8 Å². The summed E-state index contributed by atoms with van der Waals surface area (Å²) in [6, 6.07) is 7.33. The van der Waals surface area contributed by atoms with Crippen LogP contribution in [0.5, 0.6) is 0 Å². The molecule has 166 valence electrons. The summed E-state index contributed by atoms with van der Waals surface area (Å²) in [5, 5.41) is 25.4. The van der Waals surface area contributed by atoms with Gasteiger partial charge in [-0.3, -0.25) is 20.2 Å². The maximum atomic E-state index is 12.2. The van der Waals surface area contributed by atoms with Gasteiger partial charge < -0.3 is 9.84 Å². The molecule has 1 heterocycles. The van der Waals surface area contributed by atoms with Crippen LogP contribution in [-0.4, -0.2) is 40.2 Å². The Morgan fingerprint density at radius 3 is 2.50 bits per heavy atom. The fraction of sp³-hybridized carbons (Fsp3) is 0.696. The van der Waals surface area contributed by atoms with Crippen LogP contribution < -0.4 is 5.32 Å². The van der Waals surface area contributed by atoms with E-state index in [0.29, 0.717) is 6.61 Å². The number of benzene rings is 1. The number of ether oxygens (including phenoxy) is 1. The molecule has 1 aromatic rings. The monoisotopic (exact) mass is 418 g/mol. The van der Waals surface area contributed by atoms with Gasteiger partial charge in [0.25, 0.3) is 0 Å². The number of hydrogen-bond donors (Lipinski definition) is 2. The Morgan fingerprint density at radius 2 is 1.93 bits per heavy atom. The zero-order valence-corrected chi connectivity index (χ0v) is 17.9. The first-order chi connectivity index (χ1) is 14.4. The molecule has 3 rings (SSSR count). The number of nitrogens with one attached hydrogen (secondary N) is 1. The van der Waals surface area contributed by atoms with E-state index in [1.807, 2.05) is 44.2 Å². The molecule has 2 aliphatic rings. The van der Waals surface area contributed by atoms with E-state index >= 15 is 0 Å². The summed E-state index contributed by atoms with van der Waals surface area (Å²) in [5.41, 5.74) is 0.977. The minimum atomic E-state index is -1.03. The molecule has 0 bridgehead atoms. The lowest BCUT2D eigenvalue weighted by Gasteiger charge is -2.33. The first kappa shape index (κ1) is 22.7. The molecule has 7 nitrogen and oxygen atoms in total. The van der Waals surface area contributed by atoms with Gasteiger partial charge in [0, 0.05) is 4.92 Å². The minimum absolute atomic E-state index is 0.00918. The van der Waals surface area contributed by atoms with Crippen molar-refractivity contribution in [2.75, 3.05) is 0 Å². The van der Waals surface area contributed by atoms with E-state index in [1.54, 1.807) is 0 Å². The van der Waals surface area contributed by atoms with Gasteiger partial charge in [-0.25, -0.2) is 0 Å². The van der Waals surface area contributed by atoms with Crippen molar-refractivity contribution in [3.05, 3.63) is 46.0 Å². The summed E-state index contributed by atoms with van der Waals surface area (Å²) in [5.74, 6) is -1.58. The van der Waals surface area contributed by atoms with Gasteiger partial charge in [-0.05, 0) is 30.2 Å². The maximum absolute atomic E-state index is 12.2. The highest BCUT2D eigenvalue weighted by Gasteiger charge is 2.59. The Morgan fingerprint density at radius 1 is 1.27 bits per heavy atom. The second kappa shape index (κ2) is 10.4. The molecule has 0 spiro atoms. The van der Waals surface area contributed by atoms with Gasteiger partial charge >= 0.3 is 5.97 Å². The van der Waals surface area contributed by atoms with E-state index in [9.17, 15) is 20.0 Å². The molecule has 1 saturated carbocycles. The predicted octanol–water partition coefficient (Wildman–Crippen LogP) is 3.88. The summed E-state index contributed by atoms with van der Waals surface area (Å²) < 4.78 is 6.25. The van der Waals surface area contributed by atoms with Crippen molar-refractivity contribution in [3.63, 3.8) is 0 Å². The molecular weight excluding hydrogens is 384 g/mol. The third kappa shape index (κ3) is 5.01. The Hall–Kier alpha value is -1.99. The summed E-state index contributed by atoms with van der Waals surface area (Å²) in [4.78, 5) is 24.1. The van der Waals surface area contributed by atoms with E-state index in [-0.39, 0.29) is 16.8 Å². The largest absolute Gasteiger partial charge is 0.480 e. The molecule has 1 saturated heterocycles. The molecule has 1 aliphatic heterocycles. The first-order valence-electron chi connectivity index (χ1n) is 11.2. The molecule has 0 unspecified atom stereocenters. The number of rotatable bonds is 9. The number of aliphatic carboxylic acids is 1. The van der Waals surface area contributed by atoms with Crippen LogP contribution in [0, 0.1) is 27.9 Å². The molecule has 0 radical (unpaired) electrons. The first-order valence-corrected chi connectivity index (χ1v) is 11.2. The quantitative estimate of drug-likeness (QED) is 0.466. The number of carbonyl (C=O) groups is 1. The Balaban J connectivity index is 1.90. The van der Waals surface area contributed by atoms with Crippen LogP contribution in [0.3, 0.4) is 0 Å². The second-order valence-corrected chi connectivity index (χ2v) is 8.91. The van der Waals surface area contributed by atoms with E-state index in [1.165, 1.54) is 0 Å². The Kier molecular flexibility index (Phi) is 7.83.